The van der Waals surface area contributed by atoms with Crippen molar-refractivity contribution in [3.05, 3.63) is 142 Å². The monoisotopic (exact) mass is 551 g/mol. The first-order chi connectivity index (χ1) is 19.3. The Bertz CT molecular complexity index is 1730. The molecule has 4 aromatic rings. The number of hydrogen-bond donors (Lipinski definition) is 0. The Morgan fingerprint density at radius 3 is 2.02 bits per heavy atom. The van der Waals surface area contributed by atoms with Crippen LogP contribution in [-0.2, 0) is 0 Å². The maximum Gasteiger partial charge on any atom is 0.185 e. The summed E-state index contributed by atoms with van der Waals surface area (Å²) in [6.45, 7) is 0. The summed E-state index contributed by atoms with van der Waals surface area (Å²) in [5, 5.41) is 0.493. The van der Waals surface area contributed by atoms with E-state index in [0.29, 0.717) is 27.4 Å². The maximum atomic E-state index is 14.5. The Kier molecular flexibility index (Phi) is 5.41. The Balaban J connectivity index is 1.54. The zero-order valence-corrected chi connectivity index (χ0v) is 21.6. The molecule has 7 rings (SSSR count). The van der Waals surface area contributed by atoms with Crippen LogP contribution in [0.5, 0.6) is 0 Å². The van der Waals surface area contributed by atoms with Crippen LogP contribution in [0.2, 0.25) is 5.02 Å². The van der Waals surface area contributed by atoms with Gasteiger partial charge in [-0.25, -0.2) is 8.78 Å². The fourth-order valence-electron chi connectivity index (χ4n) is 6.78. The number of ketones is 3. The average molecular weight is 552 g/mol. The van der Waals surface area contributed by atoms with E-state index in [-0.39, 0.29) is 22.9 Å². The summed E-state index contributed by atoms with van der Waals surface area (Å²) in [5.41, 5.74) is 0.971. The second-order valence-electron chi connectivity index (χ2n) is 10.3. The van der Waals surface area contributed by atoms with Crippen molar-refractivity contribution in [2.75, 3.05) is 4.90 Å². The van der Waals surface area contributed by atoms with Crippen molar-refractivity contribution in [2.24, 2.45) is 5.41 Å². The van der Waals surface area contributed by atoms with Crippen LogP contribution in [0.3, 0.4) is 0 Å². The first-order valence-electron chi connectivity index (χ1n) is 12.8. The molecule has 1 saturated heterocycles. The summed E-state index contributed by atoms with van der Waals surface area (Å²) in [4.78, 5) is 45.3. The largest absolute Gasteiger partial charge is 0.352 e. The Morgan fingerprint density at radius 2 is 1.40 bits per heavy atom. The van der Waals surface area contributed by atoms with Crippen LogP contribution in [0, 0.1) is 17.0 Å². The molecule has 1 spiro atoms. The molecule has 0 amide bonds. The molecule has 196 valence electrons. The molecule has 2 aliphatic heterocycles. The lowest BCUT2D eigenvalue weighted by Gasteiger charge is -2.37. The molecule has 0 N–H and O–H groups in total. The number of benzene rings is 4. The number of fused-ring (bicyclic) bond motifs is 5. The van der Waals surface area contributed by atoms with Crippen LogP contribution in [0.15, 0.2) is 97.1 Å². The van der Waals surface area contributed by atoms with Gasteiger partial charge in [-0.05, 0) is 65.7 Å². The first-order valence-corrected chi connectivity index (χ1v) is 13.2. The van der Waals surface area contributed by atoms with Gasteiger partial charge in [0, 0.05) is 33.3 Å². The van der Waals surface area contributed by atoms with Gasteiger partial charge in [-0.2, -0.15) is 0 Å². The highest BCUT2D eigenvalue weighted by Gasteiger charge is 2.71. The van der Waals surface area contributed by atoms with Crippen LogP contribution < -0.4 is 4.90 Å². The van der Waals surface area contributed by atoms with E-state index in [9.17, 15) is 23.2 Å². The Hall–Kier alpha value is -4.42. The van der Waals surface area contributed by atoms with Crippen LogP contribution in [0.4, 0.5) is 14.5 Å². The summed E-state index contributed by atoms with van der Waals surface area (Å²) in [6.07, 6.45) is 3.61. The third-order valence-electron chi connectivity index (χ3n) is 8.39. The third-order valence-corrected chi connectivity index (χ3v) is 8.63. The van der Waals surface area contributed by atoms with E-state index in [1.165, 1.54) is 48.5 Å². The molecule has 1 aliphatic carbocycles. The van der Waals surface area contributed by atoms with Crippen molar-refractivity contribution < 1.29 is 23.2 Å². The minimum Gasteiger partial charge on any atom is -0.352 e. The van der Waals surface area contributed by atoms with Gasteiger partial charge in [-0.3, -0.25) is 14.4 Å². The number of carbonyl (C=O) groups excluding carboxylic acids is 3. The molecule has 1 fully saturated rings. The van der Waals surface area contributed by atoms with Gasteiger partial charge in [-0.15, -0.1) is 0 Å². The summed E-state index contributed by atoms with van der Waals surface area (Å²) < 4.78 is 28.0. The zero-order chi connectivity index (χ0) is 27.8. The quantitative estimate of drug-likeness (QED) is 0.204. The molecule has 0 unspecified atom stereocenters. The maximum absolute atomic E-state index is 14.5. The van der Waals surface area contributed by atoms with E-state index in [1.54, 1.807) is 48.5 Å². The second-order valence-corrected chi connectivity index (χ2v) is 10.8. The van der Waals surface area contributed by atoms with E-state index < -0.39 is 35.1 Å². The van der Waals surface area contributed by atoms with Gasteiger partial charge in [0.05, 0.1) is 6.04 Å². The van der Waals surface area contributed by atoms with E-state index >= 15 is 0 Å². The molecular weight excluding hydrogens is 532 g/mol. The summed E-state index contributed by atoms with van der Waals surface area (Å²) in [5.74, 6) is -3.10. The lowest BCUT2D eigenvalue weighted by Crippen LogP contribution is -2.48. The highest BCUT2D eigenvalue weighted by atomic mass is 35.5. The van der Waals surface area contributed by atoms with Crippen molar-refractivity contribution in [1.29, 1.82) is 0 Å². The summed E-state index contributed by atoms with van der Waals surface area (Å²) in [7, 11) is 0. The predicted octanol–water partition coefficient (Wildman–Crippen LogP) is 6.93. The van der Waals surface area contributed by atoms with Crippen LogP contribution in [0.1, 0.15) is 48.1 Å². The standard InChI is InChI=1S/C33H20ClF2NO3/c34-21-10-15-26-20(17-21)9-16-27-33(31(39)24-3-1-2-4-25(24)32(33)40)28(18-5-11-22(35)12-6-18)29(37(26)27)30(38)19-7-13-23(36)14-8-19/h1-17,27-29H/t27-,28-,29-/m0/s1. The fraction of sp³-hybridized carbons (Fsp3) is 0.121. The molecule has 0 bridgehead atoms. The molecule has 0 saturated carbocycles. The van der Waals surface area contributed by atoms with Gasteiger partial charge in [0.2, 0.25) is 0 Å². The van der Waals surface area contributed by atoms with Gasteiger partial charge in [0.15, 0.2) is 17.3 Å². The van der Waals surface area contributed by atoms with E-state index in [2.05, 4.69) is 0 Å². The van der Waals surface area contributed by atoms with Crippen molar-refractivity contribution in [1.82, 2.24) is 0 Å². The number of rotatable bonds is 3. The molecule has 2 heterocycles. The molecule has 3 atom stereocenters. The summed E-state index contributed by atoms with van der Waals surface area (Å²) in [6, 6.07) is 20.8. The third kappa shape index (κ3) is 3.26. The van der Waals surface area contributed by atoms with Crippen LogP contribution in [0.25, 0.3) is 6.08 Å². The number of halogens is 3. The minimum atomic E-state index is -1.70. The highest BCUT2D eigenvalue weighted by Crippen LogP contribution is 2.61. The number of carbonyl (C=O) groups is 3. The van der Waals surface area contributed by atoms with Gasteiger partial charge in [0.1, 0.15) is 23.1 Å². The first kappa shape index (κ1) is 24.6. The molecule has 4 aromatic carbocycles. The number of anilines is 1. The molecule has 4 nitrogen and oxygen atoms in total. The predicted molar refractivity (Wildman–Crippen MR) is 148 cm³/mol. The zero-order valence-electron chi connectivity index (χ0n) is 20.9. The normalized spacial score (nSPS) is 21.9. The molecule has 7 heteroatoms. The lowest BCUT2D eigenvalue weighted by molar-refractivity contribution is 0.0666. The molecule has 0 aromatic heterocycles. The van der Waals surface area contributed by atoms with E-state index in [4.69, 9.17) is 11.6 Å². The number of Topliss-reactive ketones (excluding diaryl/α,β-unsaturated/α-hetero) is 3. The molecule has 3 aliphatic rings. The van der Waals surface area contributed by atoms with Gasteiger partial charge >= 0.3 is 0 Å². The van der Waals surface area contributed by atoms with Gasteiger partial charge < -0.3 is 4.90 Å². The average Bonchev–Trinajstić information content (AvgIpc) is 3.39. The SMILES string of the molecule is O=C(c1ccc(F)cc1)[C@@H]1[C@H](c2ccc(F)cc2)C2(C(=O)c3ccccc3C2=O)[C@@H]2C=Cc3cc(Cl)ccc3N12. The van der Waals surface area contributed by atoms with E-state index in [1.807, 2.05) is 11.0 Å². The van der Waals surface area contributed by atoms with Crippen molar-refractivity contribution in [3.8, 4) is 0 Å². The van der Waals surface area contributed by atoms with Crippen LogP contribution >= 0.6 is 11.6 Å². The molecular formula is C33H20ClF2NO3. The topological polar surface area (TPSA) is 54.5 Å². The Labute approximate surface area is 233 Å². The van der Waals surface area contributed by atoms with Crippen molar-refractivity contribution in [3.63, 3.8) is 0 Å². The molecule has 0 radical (unpaired) electrons. The van der Waals surface area contributed by atoms with Crippen molar-refractivity contribution >= 4 is 40.7 Å². The van der Waals surface area contributed by atoms with Gasteiger partial charge in [-0.1, -0.05) is 60.2 Å². The number of nitrogens with zero attached hydrogens (tertiary/aromatic N) is 1. The molecule has 40 heavy (non-hydrogen) atoms. The van der Waals surface area contributed by atoms with Crippen molar-refractivity contribution in [2.45, 2.75) is 18.0 Å². The second kappa shape index (κ2) is 8.80. The Morgan fingerprint density at radius 1 is 0.800 bits per heavy atom. The van der Waals surface area contributed by atoms with E-state index in [0.717, 1.165) is 5.56 Å². The van der Waals surface area contributed by atoms with Crippen LogP contribution in [-0.4, -0.2) is 29.4 Å². The fourth-order valence-corrected chi connectivity index (χ4v) is 6.96. The highest BCUT2D eigenvalue weighted by molar-refractivity contribution is 6.32. The smallest absolute Gasteiger partial charge is 0.185 e. The van der Waals surface area contributed by atoms with Gasteiger partial charge in [0.25, 0.3) is 0 Å². The lowest BCUT2D eigenvalue weighted by atomic mass is 9.64. The number of hydrogen-bond acceptors (Lipinski definition) is 4. The minimum absolute atomic E-state index is 0.231. The summed E-state index contributed by atoms with van der Waals surface area (Å²) >= 11 is 6.30.